The van der Waals surface area contributed by atoms with E-state index >= 15 is 0 Å². The number of morpholine rings is 1. The van der Waals surface area contributed by atoms with Crippen molar-refractivity contribution in [1.29, 1.82) is 5.26 Å². The Morgan fingerprint density at radius 3 is 3.00 bits per heavy atom. The number of rotatable bonds is 4. The average molecular weight is 226 g/mol. The van der Waals surface area contributed by atoms with Crippen molar-refractivity contribution >= 4 is 5.97 Å². The molecule has 1 heterocycles. The molecule has 0 bridgehead atoms. The standard InChI is InChI=1S/C11H18N2O3/c1-3-10(11(14)15-4-2)13-5-6-16-9(7-12)8-13/h9-10H,3-6,8H2,1-2H3. The van der Waals surface area contributed by atoms with Crippen molar-refractivity contribution in [2.24, 2.45) is 0 Å². The van der Waals surface area contributed by atoms with E-state index < -0.39 is 6.10 Å². The molecule has 0 spiro atoms. The van der Waals surface area contributed by atoms with Gasteiger partial charge in [0.15, 0.2) is 6.10 Å². The van der Waals surface area contributed by atoms with Crippen molar-refractivity contribution in [2.75, 3.05) is 26.3 Å². The summed E-state index contributed by atoms with van der Waals surface area (Å²) in [5.41, 5.74) is 0. The predicted molar refractivity (Wildman–Crippen MR) is 57.6 cm³/mol. The van der Waals surface area contributed by atoms with Gasteiger partial charge in [0.05, 0.1) is 19.3 Å². The molecule has 90 valence electrons. The van der Waals surface area contributed by atoms with Gasteiger partial charge in [-0.3, -0.25) is 9.69 Å². The minimum Gasteiger partial charge on any atom is -0.465 e. The molecule has 0 saturated carbocycles. The van der Waals surface area contributed by atoms with E-state index in [-0.39, 0.29) is 12.0 Å². The highest BCUT2D eigenvalue weighted by atomic mass is 16.5. The van der Waals surface area contributed by atoms with Crippen molar-refractivity contribution < 1.29 is 14.3 Å². The maximum atomic E-state index is 11.7. The first-order valence-electron chi connectivity index (χ1n) is 5.64. The van der Waals surface area contributed by atoms with Gasteiger partial charge in [0.25, 0.3) is 0 Å². The van der Waals surface area contributed by atoms with Crippen molar-refractivity contribution in [3.05, 3.63) is 0 Å². The van der Waals surface area contributed by atoms with Crippen LogP contribution in [0, 0.1) is 11.3 Å². The zero-order chi connectivity index (χ0) is 12.0. The fourth-order valence-corrected chi connectivity index (χ4v) is 1.84. The Kier molecular flexibility index (Phi) is 5.23. The van der Waals surface area contributed by atoms with Crippen LogP contribution >= 0.6 is 0 Å². The number of nitriles is 1. The van der Waals surface area contributed by atoms with E-state index in [9.17, 15) is 4.79 Å². The van der Waals surface area contributed by atoms with Crippen LogP contribution in [-0.2, 0) is 14.3 Å². The van der Waals surface area contributed by atoms with Crippen LogP contribution < -0.4 is 0 Å². The summed E-state index contributed by atoms with van der Waals surface area (Å²) in [6.45, 7) is 5.78. The van der Waals surface area contributed by atoms with Crippen molar-refractivity contribution in [2.45, 2.75) is 32.4 Å². The molecule has 0 aromatic carbocycles. The third-order valence-electron chi connectivity index (χ3n) is 2.63. The molecule has 0 aromatic rings. The summed E-state index contributed by atoms with van der Waals surface area (Å²) >= 11 is 0. The van der Waals surface area contributed by atoms with Crippen LogP contribution in [0.1, 0.15) is 20.3 Å². The highest BCUT2D eigenvalue weighted by Gasteiger charge is 2.30. The summed E-state index contributed by atoms with van der Waals surface area (Å²) in [6.07, 6.45) is 0.258. The predicted octanol–water partition coefficient (Wildman–Crippen LogP) is 0.552. The van der Waals surface area contributed by atoms with Gasteiger partial charge in [0.2, 0.25) is 0 Å². The number of hydrogen-bond donors (Lipinski definition) is 0. The Hall–Kier alpha value is -1.12. The number of ether oxygens (including phenoxy) is 2. The fourth-order valence-electron chi connectivity index (χ4n) is 1.84. The van der Waals surface area contributed by atoms with Crippen molar-refractivity contribution in [1.82, 2.24) is 4.90 Å². The van der Waals surface area contributed by atoms with Gasteiger partial charge in [-0.05, 0) is 13.3 Å². The molecule has 0 aliphatic carbocycles. The molecule has 5 nitrogen and oxygen atoms in total. The molecular weight excluding hydrogens is 208 g/mol. The van der Waals surface area contributed by atoms with Gasteiger partial charge in [-0.15, -0.1) is 0 Å². The van der Waals surface area contributed by atoms with E-state index in [0.717, 1.165) is 0 Å². The molecule has 1 fully saturated rings. The number of hydrogen-bond acceptors (Lipinski definition) is 5. The Morgan fingerprint density at radius 2 is 2.44 bits per heavy atom. The second-order valence-corrected chi connectivity index (χ2v) is 3.66. The zero-order valence-electron chi connectivity index (χ0n) is 9.81. The van der Waals surface area contributed by atoms with Crippen molar-refractivity contribution in [3.8, 4) is 6.07 Å². The van der Waals surface area contributed by atoms with E-state index in [4.69, 9.17) is 14.7 Å². The normalized spacial score (nSPS) is 23.4. The monoisotopic (exact) mass is 226 g/mol. The second-order valence-electron chi connectivity index (χ2n) is 3.66. The molecule has 0 radical (unpaired) electrons. The van der Waals surface area contributed by atoms with Gasteiger partial charge >= 0.3 is 5.97 Å². The molecule has 0 aromatic heterocycles. The quantitative estimate of drug-likeness (QED) is 0.655. The lowest BCUT2D eigenvalue weighted by atomic mass is 10.1. The lowest BCUT2D eigenvalue weighted by molar-refractivity contribution is -0.152. The summed E-state index contributed by atoms with van der Waals surface area (Å²) in [5, 5.41) is 8.79. The summed E-state index contributed by atoms with van der Waals surface area (Å²) in [4.78, 5) is 13.6. The molecule has 0 N–H and O–H groups in total. The second kappa shape index (κ2) is 6.46. The van der Waals surface area contributed by atoms with Crippen LogP contribution in [0.2, 0.25) is 0 Å². The summed E-state index contributed by atoms with van der Waals surface area (Å²) in [5.74, 6) is -0.205. The molecule has 2 atom stereocenters. The maximum absolute atomic E-state index is 11.7. The van der Waals surface area contributed by atoms with Crippen LogP contribution in [-0.4, -0.2) is 49.3 Å². The Balaban J connectivity index is 2.58. The molecule has 2 unspecified atom stereocenters. The lowest BCUT2D eigenvalue weighted by Gasteiger charge is -2.34. The zero-order valence-corrected chi connectivity index (χ0v) is 9.81. The highest BCUT2D eigenvalue weighted by molar-refractivity contribution is 5.75. The van der Waals surface area contributed by atoms with E-state index in [1.807, 2.05) is 11.8 Å². The number of carbonyl (C=O) groups excluding carboxylic acids is 1. The van der Waals surface area contributed by atoms with Gasteiger partial charge in [-0.1, -0.05) is 6.92 Å². The highest BCUT2D eigenvalue weighted by Crippen LogP contribution is 2.12. The first kappa shape index (κ1) is 12.9. The molecule has 1 rings (SSSR count). The van der Waals surface area contributed by atoms with Gasteiger partial charge in [0, 0.05) is 13.1 Å². The SMILES string of the molecule is CCOC(=O)C(CC)N1CCOC(C#N)C1. The molecule has 16 heavy (non-hydrogen) atoms. The Morgan fingerprint density at radius 1 is 1.69 bits per heavy atom. The van der Waals surface area contributed by atoms with Gasteiger partial charge < -0.3 is 9.47 Å². The average Bonchev–Trinajstić information content (AvgIpc) is 2.31. The number of carbonyl (C=O) groups is 1. The van der Waals surface area contributed by atoms with Crippen molar-refractivity contribution in [3.63, 3.8) is 0 Å². The molecule has 1 aliphatic rings. The minimum atomic E-state index is -0.433. The number of esters is 1. The summed E-state index contributed by atoms with van der Waals surface area (Å²) < 4.78 is 10.2. The Bertz CT molecular complexity index is 275. The molecule has 0 amide bonds. The summed E-state index contributed by atoms with van der Waals surface area (Å²) in [7, 11) is 0. The molecule has 1 aliphatic heterocycles. The lowest BCUT2D eigenvalue weighted by Crippen LogP contribution is -2.50. The maximum Gasteiger partial charge on any atom is 0.323 e. The van der Waals surface area contributed by atoms with Crippen LogP contribution in [0.5, 0.6) is 0 Å². The third-order valence-corrected chi connectivity index (χ3v) is 2.63. The fraction of sp³-hybridized carbons (Fsp3) is 0.818. The summed E-state index contributed by atoms with van der Waals surface area (Å²) in [6, 6.07) is 1.82. The smallest absolute Gasteiger partial charge is 0.323 e. The number of nitrogens with zero attached hydrogens (tertiary/aromatic N) is 2. The third kappa shape index (κ3) is 3.19. The van der Waals surface area contributed by atoms with E-state index in [0.29, 0.717) is 32.7 Å². The first-order valence-corrected chi connectivity index (χ1v) is 5.64. The largest absolute Gasteiger partial charge is 0.465 e. The van der Waals surface area contributed by atoms with Gasteiger partial charge in [-0.2, -0.15) is 5.26 Å². The minimum absolute atomic E-state index is 0.205. The van der Waals surface area contributed by atoms with Crippen LogP contribution in [0.25, 0.3) is 0 Å². The van der Waals surface area contributed by atoms with E-state index in [1.54, 1.807) is 6.92 Å². The van der Waals surface area contributed by atoms with E-state index in [1.165, 1.54) is 0 Å². The van der Waals surface area contributed by atoms with E-state index in [2.05, 4.69) is 6.07 Å². The van der Waals surface area contributed by atoms with Crippen LogP contribution in [0.4, 0.5) is 0 Å². The van der Waals surface area contributed by atoms with Crippen LogP contribution in [0.3, 0.4) is 0 Å². The topological polar surface area (TPSA) is 62.6 Å². The molecule has 1 saturated heterocycles. The van der Waals surface area contributed by atoms with Gasteiger partial charge in [-0.25, -0.2) is 0 Å². The first-order chi connectivity index (χ1) is 7.72. The molecule has 5 heteroatoms. The Labute approximate surface area is 95.9 Å². The van der Waals surface area contributed by atoms with Gasteiger partial charge in [0.1, 0.15) is 6.04 Å². The molecular formula is C11H18N2O3. The van der Waals surface area contributed by atoms with Crippen LogP contribution in [0.15, 0.2) is 0 Å².